The molecule has 0 unspecified atom stereocenters. The van der Waals surface area contributed by atoms with Crippen LogP contribution in [0.15, 0.2) is 102 Å². The molecule has 0 amide bonds. The van der Waals surface area contributed by atoms with Crippen molar-refractivity contribution in [2.75, 3.05) is 100 Å². The first kappa shape index (κ1) is 113. The van der Waals surface area contributed by atoms with Crippen molar-refractivity contribution in [1.82, 2.24) is 66.9 Å². The number of aliphatic hydroxyl groups is 2. The Morgan fingerprint density at radius 2 is 0.717 bits per heavy atom. The Balaban J connectivity index is 0.000000234. The summed E-state index contributed by atoms with van der Waals surface area (Å²) in [6.45, 7) is 30.2. The molecule has 12 rings (SSSR count). The lowest BCUT2D eigenvalue weighted by Gasteiger charge is -2.44. The summed E-state index contributed by atoms with van der Waals surface area (Å²) in [5, 5.41) is 26.6. The number of Topliss-reactive ketones (excluding diaryl/α,β-unsaturated/α-hetero) is 1. The molecule has 3 aliphatic rings. The van der Waals surface area contributed by atoms with Gasteiger partial charge in [-0.15, -0.1) is 0 Å². The number of ether oxygens (including phenoxy) is 6. The molecule has 0 bridgehead atoms. The lowest BCUT2D eigenvalue weighted by molar-refractivity contribution is -0.147. The van der Waals surface area contributed by atoms with Crippen LogP contribution in [0.4, 0.5) is 0 Å². The van der Waals surface area contributed by atoms with E-state index in [1.54, 1.807) is 40.0 Å². The van der Waals surface area contributed by atoms with Gasteiger partial charge in [0.15, 0.2) is 0 Å². The van der Waals surface area contributed by atoms with Gasteiger partial charge in [0.05, 0.1) is 107 Å². The highest BCUT2D eigenvalue weighted by molar-refractivity contribution is 8.13. The summed E-state index contributed by atoms with van der Waals surface area (Å²) >= 11 is 0. The van der Waals surface area contributed by atoms with Crippen LogP contribution in [0.2, 0.25) is 0 Å². The first-order valence-corrected chi connectivity index (χ1v) is 53.1. The number of aryl methyl sites for hydroxylation is 6. The molecule has 6 aromatic heterocycles. The van der Waals surface area contributed by atoms with Crippen LogP contribution in [0, 0.1) is 0 Å². The molecule has 3 fully saturated rings. The molecule has 138 heavy (non-hydrogen) atoms. The van der Waals surface area contributed by atoms with Crippen LogP contribution >= 0.6 is 10.7 Å². The first-order chi connectivity index (χ1) is 65.7. The number of carbonyl (C=O) groups is 5. The number of likely N-dealkylation sites (N-methyl/N-ethyl adjacent to an activating group) is 2. The lowest BCUT2D eigenvalue weighted by Crippen LogP contribution is -2.59. The SMILES string of the molecule is CC(=O)O.CCCOc1ccc(S(=O)(=O)Cl)cc1-c1nc2c(CCC)cn(CC)c2c(=O)[nH]1.CCCOc1ccc(S(=O)(=O)N2C[C@@H](CC(=O)OCC)N(C)[C@@H](CC(=O)OCC)C2)cc1-c1nc2c(CCC)cn(CC)c2c(=O)[nH]1.CCCOc1ccc(S(=O)(=O)N2C[C@@H](CCO)N(C)[C@@H](CCO)C2)cc1-c1nc2c(CCC)cn(CC)c2c(=O)[nH]1.CCOC(=O)C[C@@H]1CCC[C@H](CC(C)=O)N1C. The molecule has 6 atom stereocenters. The monoisotopic (exact) mass is 2000 g/mol. The summed E-state index contributed by atoms with van der Waals surface area (Å²) in [4.78, 5) is 125. The van der Waals surface area contributed by atoms with Crippen molar-refractivity contribution in [3.63, 3.8) is 0 Å². The van der Waals surface area contributed by atoms with Gasteiger partial charge in [0.2, 0.25) is 20.0 Å². The second-order valence-electron chi connectivity index (χ2n) is 34.3. The fourth-order valence-corrected chi connectivity index (χ4v) is 21.3. The number of aromatic amines is 3. The number of esters is 3. The Hall–Kier alpha value is -10.3. The lowest BCUT2D eigenvalue weighted by atomic mass is 9.92. The number of piperazine rings is 2. The molecular weight excluding hydrogens is 1860 g/mol. The fourth-order valence-electron chi connectivity index (χ4n) is 17.4. The van der Waals surface area contributed by atoms with Gasteiger partial charge in [-0.3, -0.25) is 53.1 Å². The maximum Gasteiger partial charge on any atom is 0.307 e. The molecule has 6 N–H and O–H groups in total. The summed E-state index contributed by atoms with van der Waals surface area (Å²) in [5.74, 6) is 0.320. The second kappa shape index (κ2) is 53.4. The summed E-state index contributed by atoms with van der Waals surface area (Å²) in [6, 6.07) is 12.6. The third-order valence-corrected chi connectivity index (χ3v) is 29.3. The molecule has 762 valence electrons. The van der Waals surface area contributed by atoms with Crippen molar-refractivity contribution in [3.05, 3.63) is 121 Å². The van der Waals surface area contributed by atoms with Crippen molar-refractivity contribution >= 4 is 103 Å². The first-order valence-electron chi connectivity index (χ1n) is 47.9. The Morgan fingerprint density at radius 1 is 0.428 bits per heavy atom. The summed E-state index contributed by atoms with van der Waals surface area (Å²) in [6.07, 6.45) is 18.0. The minimum Gasteiger partial charge on any atom is -0.493 e. The summed E-state index contributed by atoms with van der Waals surface area (Å²) < 4.78 is 122. The number of carboxylic acid groups (broad SMARTS) is 1. The van der Waals surface area contributed by atoms with Crippen molar-refractivity contribution < 1.29 is 93.0 Å². The molecule has 0 radical (unpaired) electrons. The highest BCUT2D eigenvalue weighted by Crippen LogP contribution is 2.39. The predicted molar refractivity (Wildman–Crippen MR) is 530 cm³/mol. The van der Waals surface area contributed by atoms with Crippen molar-refractivity contribution in [2.24, 2.45) is 0 Å². The second-order valence-corrected chi connectivity index (χ2v) is 40.8. The van der Waals surface area contributed by atoms with E-state index in [1.165, 1.54) is 51.1 Å². The number of carboxylic acids is 1. The summed E-state index contributed by atoms with van der Waals surface area (Å²) in [7, 11) is -0.861. The number of hydrogen-bond donors (Lipinski definition) is 6. The minimum atomic E-state index is -4.16. The van der Waals surface area contributed by atoms with Crippen LogP contribution in [0.25, 0.3) is 67.3 Å². The maximum atomic E-state index is 14.3. The fraction of sp³-hybridized carbons (Fsp3) is 0.577. The van der Waals surface area contributed by atoms with Crippen LogP contribution in [0.3, 0.4) is 0 Å². The molecule has 9 aromatic rings. The number of rotatable bonds is 41. The number of aliphatic hydroxyl groups excluding tert-OH is 2. The number of hydrogen-bond acceptors (Lipinski definition) is 28. The number of fused-ring (bicyclic) bond motifs is 3. The molecule has 41 heteroatoms. The molecule has 3 saturated heterocycles. The van der Waals surface area contributed by atoms with Crippen LogP contribution in [0.1, 0.15) is 210 Å². The average Bonchev–Trinajstić information content (AvgIpc) is 1.44. The van der Waals surface area contributed by atoms with Gasteiger partial charge in [-0.05, 0) is 205 Å². The van der Waals surface area contributed by atoms with Crippen molar-refractivity contribution in [1.29, 1.82) is 0 Å². The van der Waals surface area contributed by atoms with E-state index in [0.717, 1.165) is 94.2 Å². The molecule has 0 spiro atoms. The summed E-state index contributed by atoms with van der Waals surface area (Å²) in [5.41, 5.74) is 6.40. The van der Waals surface area contributed by atoms with E-state index >= 15 is 0 Å². The van der Waals surface area contributed by atoms with Gasteiger partial charge in [-0.2, -0.15) is 8.61 Å². The quantitative estimate of drug-likeness (QED) is 0.0118. The number of likely N-dealkylation sites (tertiary alicyclic amines) is 1. The van der Waals surface area contributed by atoms with E-state index in [4.69, 9.17) is 64.0 Å². The zero-order valence-electron chi connectivity index (χ0n) is 82.8. The van der Waals surface area contributed by atoms with E-state index in [-0.39, 0.29) is 144 Å². The number of nitrogens with one attached hydrogen (secondary N) is 3. The largest absolute Gasteiger partial charge is 0.493 e. The zero-order valence-corrected chi connectivity index (χ0v) is 86.0. The van der Waals surface area contributed by atoms with Gasteiger partial charge >= 0.3 is 17.9 Å². The van der Waals surface area contributed by atoms with Crippen molar-refractivity contribution in [3.8, 4) is 51.4 Å². The third-order valence-electron chi connectivity index (χ3n) is 24.3. The number of ketones is 1. The van der Waals surface area contributed by atoms with E-state index in [9.17, 15) is 69.0 Å². The third kappa shape index (κ3) is 29.2. The predicted octanol–water partition coefficient (Wildman–Crippen LogP) is 12.3. The van der Waals surface area contributed by atoms with Gasteiger partial charge in [-0.1, -0.05) is 67.2 Å². The standard InChI is InChI=1S/C33H47N5O8S.C29H43N5O6S.C20H24ClN3O4S.C13H23NO3.C2H4O2/c1-7-12-22-19-37(9-3)31-30(22)34-32(35-33(31)41)26-18-25(13-14-27(26)46-15-8-2)47(42,43)38-20-23(16-28(39)44-10-4)36(6)24(21-38)17-29(40)45-11-5;1-5-8-20-17-33(7-3)27-26(20)30-28(31-29(27)37)24-16-23(9-10-25(24)40-15-6-2)41(38,39)34-18-21(11-13-35)32(4)22(19-34)12-14-36;1-4-7-13-12-24(6-3)18-17(13)22-19(23-20(18)25)15-11-14(29(21,26)27)8-9-16(15)28-10-5-2;1-4-17-13(16)9-12-7-5-6-11(14(12)3)8-10(2)15;1-2(3)4/h13-14,18-19,23-24H,7-12,15-17,20-21H2,1-6H3,(H,34,35,41);9-10,16-17,21-22,35-36H,5-8,11-15,18-19H2,1-4H3,(H,30,31,37);8-9,11-12H,4-7,10H2,1-3H3,(H,22,23,25);11-12H,4-9H2,1-3H3;1H3,(H,3,4)/t23-,24+;21-,22+;;11-,12+;/m...1./s1. The molecule has 37 nitrogen and oxygen atoms in total. The number of H-pyrrole nitrogens is 3. The highest BCUT2D eigenvalue weighted by atomic mass is 35.7. The number of piperidine rings is 1. The van der Waals surface area contributed by atoms with E-state index in [0.29, 0.717) is 151 Å². The number of benzene rings is 3. The van der Waals surface area contributed by atoms with Gasteiger partial charge < -0.3 is 72.4 Å². The number of carbonyl (C=O) groups excluding carboxylic acids is 4. The van der Waals surface area contributed by atoms with Gasteiger partial charge in [0, 0.05) is 138 Å². The van der Waals surface area contributed by atoms with Crippen LogP contribution < -0.4 is 30.9 Å². The number of aliphatic carboxylic acids is 1. The number of halogens is 1. The molecular formula is C97H141ClN14O23S3. The molecule has 9 heterocycles. The highest BCUT2D eigenvalue weighted by Gasteiger charge is 2.42. The van der Waals surface area contributed by atoms with Crippen LogP contribution in [-0.4, -0.2) is 274 Å². The number of sulfonamides is 2. The van der Waals surface area contributed by atoms with E-state index in [1.807, 2.05) is 105 Å². The number of aromatic nitrogens is 9. The topological polar surface area (TPSA) is 472 Å². The molecule has 3 aromatic carbocycles. The van der Waals surface area contributed by atoms with Crippen LogP contribution in [-0.2, 0) is 106 Å². The van der Waals surface area contributed by atoms with E-state index in [2.05, 4.69) is 40.6 Å². The average molecular weight is 2000 g/mol. The Bertz CT molecular complexity index is 6120. The molecule has 3 aliphatic heterocycles. The Labute approximate surface area is 813 Å². The van der Waals surface area contributed by atoms with Gasteiger partial charge in [0.25, 0.3) is 31.7 Å². The molecule has 0 aliphatic carbocycles. The zero-order chi connectivity index (χ0) is 102. The van der Waals surface area contributed by atoms with E-state index < -0.39 is 59.1 Å². The normalized spacial score (nSPS) is 17.4. The Morgan fingerprint density at radius 3 is 1.01 bits per heavy atom. The smallest absolute Gasteiger partial charge is 0.307 e. The van der Waals surface area contributed by atoms with Gasteiger partial charge in [-0.25, -0.2) is 40.2 Å². The van der Waals surface area contributed by atoms with Crippen molar-refractivity contribution in [2.45, 2.75) is 283 Å². The minimum absolute atomic E-state index is 0.00630. The Kier molecular flexibility index (Phi) is 43.7. The number of nitrogens with zero attached hydrogens (tertiary/aromatic N) is 11. The molecule has 0 saturated carbocycles. The van der Waals surface area contributed by atoms with Gasteiger partial charge in [0.1, 0.15) is 57.1 Å². The van der Waals surface area contributed by atoms with Crippen LogP contribution in [0.5, 0.6) is 17.2 Å². The maximum absolute atomic E-state index is 14.3.